The molecule has 1 aliphatic rings. The molecule has 1 aromatic carbocycles. The molecule has 0 saturated carbocycles. The number of phenolic OH excluding ortho intramolecular Hbond substituents is 1. The van der Waals surface area contributed by atoms with Gasteiger partial charge in [0, 0.05) is 13.1 Å². The van der Waals surface area contributed by atoms with Crippen molar-refractivity contribution in [2.45, 2.75) is 84.5 Å². The fourth-order valence-corrected chi connectivity index (χ4v) is 3.90. The predicted molar refractivity (Wildman–Crippen MR) is 126 cm³/mol. The van der Waals surface area contributed by atoms with E-state index in [0.717, 1.165) is 16.7 Å². The molecule has 0 radical (unpaired) electrons. The third-order valence-corrected chi connectivity index (χ3v) is 5.53. The molecule has 1 heterocycles. The molecule has 1 aromatic rings. The number of hydrogen-bond donors (Lipinski definition) is 4. The van der Waals surface area contributed by atoms with E-state index in [2.05, 4.69) is 10.6 Å². The van der Waals surface area contributed by atoms with E-state index in [1.54, 1.807) is 34.6 Å². The molecular formula is C24H38N4O5. The summed E-state index contributed by atoms with van der Waals surface area (Å²) in [6.07, 6.45) is 1.64. The van der Waals surface area contributed by atoms with E-state index in [1.807, 2.05) is 12.1 Å². The lowest BCUT2D eigenvalue weighted by molar-refractivity contribution is -0.131. The summed E-state index contributed by atoms with van der Waals surface area (Å²) >= 11 is 0. The van der Waals surface area contributed by atoms with Crippen molar-refractivity contribution in [3.05, 3.63) is 28.8 Å². The van der Waals surface area contributed by atoms with Crippen LogP contribution in [-0.4, -0.2) is 58.7 Å². The van der Waals surface area contributed by atoms with Crippen LogP contribution >= 0.6 is 0 Å². The summed E-state index contributed by atoms with van der Waals surface area (Å²) in [5.74, 6) is -0.446. The lowest BCUT2D eigenvalue weighted by Crippen LogP contribution is -2.53. The fourth-order valence-electron chi connectivity index (χ4n) is 3.90. The quantitative estimate of drug-likeness (QED) is 0.468. The Morgan fingerprint density at radius 3 is 2.45 bits per heavy atom. The highest BCUT2D eigenvalue weighted by atomic mass is 16.6. The van der Waals surface area contributed by atoms with E-state index < -0.39 is 23.8 Å². The van der Waals surface area contributed by atoms with E-state index in [-0.39, 0.29) is 24.1 Å². The molecule has 1 aliphatic heterocycles. The molecule has 2 rings (SSSR count). The minimum absolute atomic E-state index is 0.240. The summed E-state index contributed by atoms with van der Waals surface area (Å²) in [4.78, 5) is 39.8. The van der Waals surface area contributed by atoms with E-state index >= 15 is 0 Å². The van der Waals surface area contributed by atoms with E-state index in [4.69, 9.17) is 10.5 Å². The topological polar surface area (TPSA) is 134 Å². The van der Waals surface area contributed by atoms with Gasteiger partial charge in [-0.05, 0) is 83.5 Å². The molecule has 3 amide bonds. The number of nitrogens with two attached hydrogens (primary N) is 1. The van der Waals surface area contributed by atoms with Crippen molar-refractivity contribution in [3.63, 3.8) is 0 Å². The molecule has 9 nitrogen and oxygen atoms in total. The van der Waals surface area contributed by atoms with Gasteiger partial charge in [0.25, 0.3) is 0 Å². The number of carbonyl (C=O) groups excluding carboxylic acids is 3. The molecule has 0 spiro atoms. The largest absolute Gasteiger partial charge is 0.507 e. The van der Waals surface area contributed by atoms with Crippen LogP contribution < -0.4 is 16.4 Å². The highest BCUT2D eigenvalue weighted by Crippen LogP contribution is 2.23. The zero-order chi connectivity index (χ0) is 24.8. The van der Waals surface area contributed by atoms with Crippen LogP contribution in [0, 0.1) is 13.8 Å². The van der Waals surface area contributed by atoms with Gasteiger partial charge in [0.05, 0.1) is 0 Å². The smallest absolute Gasteiger partial charge is 0.410 e. The SMILES string of the molecule is Cc1cc(CNC(=O)[C@H](CCCN)NC(=O)C2CCCN2C(=O)OC(C)(C)C)cc(C)c1O. The third-order valence-electron chi connectivity index (χ3n) is 5.53. The first-order valence-electron chi connectivity index (χ1n) is 11.5. The molecular weight excluding hydrogens is 424 g/mol. The normalized spacial score (nSPS) is 16.9. The number of likely N-dealkylation sites (tertiary alicyclic amines) is 1. The Bertz CT molecular complexity index is 842. The predicted octanol–water partition coefficient (Wildman–Crippen LogP) is 2.25. The van der Waals surface area contributed by atoms with Gasteiger partial charge in [-0.3, -0.25) is 14.5 Å². The van der Waals surface area contributed by atoms with E-state index in [1.165, 1.54) is 4.90 Å². The number of amides is 3. The van der Waals surface area contributed by atoms with Crippen molar-refractivity contribution in [1.29, 1.82) is 0 Å². The van der Waals surface area contributed by atoms with Crippen LogP contribution in [0.2, 0.25) is 0 Å². The molecule has 1 fully saturated rings. The number of carbonyl (C=O) groups is 3. The molecule has 0 aliphatic carbocycles. The van der Waals surface area contributed by atoms with Crippen LogP contribution in [0.3, 0.4) is 0 Å². The van der Waals surface area contributed by atoms with Gasteiger partial charge < -0.3 is 26.2 Å². The van der Waals surface area contributed by atoms with Crippen LogP contribution in [0.4, 0.5) is 4.79 Å². The second-order valence-corrected chi connectivity index (χ2v) is 9.62. The van der Waals surface area contributed by atoms with Gasteiger partial charge in [-0.15, -0.1) is 0 Å². The van der Waals surface area contributed by atoms with Gasteiger partial charge in [0.1, 0.15) is 23.4 Å². The summed E-state index contributed by atoms with van der Waals surface area (Å²) in [6.45, 7) is 10.0. The van der Waals surface area contributed by atoms with Gasteiger partial charge in [-0.25, -0.2) is 4.79 Å². The summed E-state index contributed by atoms with van der Waals surface area (Å²) in [7, 11) is 0. The molecule has 1 unspecified atom stereocenters. The van der Waals surface area contributed by atoms with Crippen molar-refractivity contribution >= 4 is 17.9 Å². The molecule has 184 valence electrons. The zero-order valence-electron chi connectivity index (χ0n) is 20.4. The van der Waals surface area contributed by atoms with E-state index in [0.29, 0.717) is 38.8 Å². The minimum Gasteiger partial charge on any atom is -0.507 e. The first kappa shape index (κ1) is 26.4. The maximum Gasteiger partial charge on any atom is 0.410 e. The molecule has 9 heteroatoms. The average molecular weight is 463 g/mol. The molecule has 0 bridgehead atoms. The number of phenols is 1. The molecule has 2 atom stereocenters. The second-order valence-electron chi connectivity index (χ2n) is 9.62. The van der Waals surface area contributed by atoms with E-state index in [9.17, 15) is 19.5 Å². The number of aryl methyl sites for hydroxylation is 2. The third kappa shape index (κ3) is 7.63. The van der Waals surface area contributed by atoms with Gasteiger partial charge in [-0.2, -0.15) is 0 Å². The second kappa shape index (κ2) is 11.4. The number of benzene rings is 1. The highest BCUT2D eigenvalue weighted by molar-refractivity contribution is 5.91. The van der Waals surface area contributed by atoms with Gasteiger partial charge in [-0.1, -0.05) is 12.1 Å². The summed E-state index contributed by atoms with van der Waals surface area (Å²) in [6, 6.07) is 2.19. The zero-order valence-corrected chi connectivity index (χ0v) is 20.4. The first-order chi connectivity index (χ1) is 15.4. The molecule has 1 saturated heterocycles. The Morgan fingerprint density at radius 2 is 1.88 bits per heavy atom. The van der Waals surface area contributed by atoms with Crippen LogP contribution in [0.25, 0.3) is 0 Å². The number of nitrogens with zero attached hydrogens (tertiary/aromatic N) is 1. The Balaban J connectivity index is 2.04. The number of rotatable bonds is 8. The Labute approximate surface area is 196 Å². The maximum absolute atomic E-state index is 13.0. The van der Waals surface area contributed by atoms with Gasteiger partial charge in [0.15, 0.2) is 0 Å². The fraction of sp³-hybridized carbons (Fsp3) is 0.625. The Hall–Kier alpha value is -2.81. The Morgan fingerprint density at radius 1 is 1.24 bits per heavy atom. The monoisotopic (exact) mass is 462 g/mol. The van der Waals surface area contributed by atoms with Crippen molar-refractivity contribution in [3.8, 4) is 5.75 Å². The minimum atomic E-state index is -0.763. The van der Waals surface area contributed by atoms with Gasteiger partial charge >= 0.3 is 6.09 Å². The van der Waals surface area contributed by atoms with Crippen molar-refractivity contribution < 1.29 is 24.2 Å². The summed E-state index contributed by atoms with van der Waals surface area (Å²) < 4.78 is 5.43. The first-order valence-corrected chi connectivity index (χ1v) is 11.5. The number of ether oxygens (including phenoxy) is 1. The van der Waals surface area contributed by atoms with Crippen LogP contribution in [-0.2, 0) is 20.9 Å². The summed E-state index contributed by atoms with van der Waals surface area (Å²) in [5.41, 5.74) is 7.29. The van der Waals surface area contributed by atoms with Gasteiger partial charge in [0.2, 0.25) is 11.8 Å². The lowest BCUT2D eigenvalue weighted by Gasteiger charge is -2.29. The van der Waals surface area contributed by atoms with Crippen molar-refractivity contribution in [2.75, 3.05) is 13.1 Å². The lowest BCUT2D eigenvalue weighted by atomic mass is 10.1. The van der Waals surface area contributed by atoms with Crippen LogP contribution in [0.1, 0.15) is 63.1 Å². The van der Waals surface area contributed by atoms with Crippen molar-refractivity contribution in [2.24, 2.45) is 5.73 Å². The number of aromatic hydroxyl groups is 1. The van der Waals surface area contributed by atoms with Crippen LogP contribution in [0.5, 0.6) is 5.75 Å². The molecule has 33 heavy (non-hydrogen) atoms. The van der Waals surface area contributed by atoms with Crippen LogP contribution in [0.15, 0.2) is 12.1 Å². The number of nitrogens with one attached hydrogen (secondary N) is 2. The van der Waals surface area contributed by atoms with Crippen molar-refractivity contribution in [1.82, 2.24) is 15.5 Å². The number of hydrogen-bond acceptors (Lipinski definition) is 6. The maximum atomic E-state index is 13.0. The molecule has 5 N–H and O–H groups in total. The Kier molecular flexibility index (Phi) is 9.10. The highest BCUT2D eigenvalue weighted by Gasteiger charge is 2.37. The average Bonchev–Trinajstić information content (AvgIpc) is 3.22. The standard InChI is InChI=1S/C24H38N4O5/c1-15-12-17(13-16(2)20(15)29)14-26-21(30)18(8-6-10-25)27-22(31)19-9-7-11-28(19)23(32)33-24(3,4)5/h12-13,18-19,29H,6-11,14,25H2,1-5H3,(H,26,30)(H,27,31)/t18-,19?/m0/s1. The molecule has 0 aromatic heterocycles. The summed E-state index contributed by atoms with van der Waals surface area (Å²) in [5, 5.41) is 15.6.